The van der Waals surface area contributed by atoms with Gasteiger partial charge in [0.25, 0.3) is 0 Å². The average molecular weight is 394 g/mol. The van der Waals surface area contributed by atoms with Gasteiger partial charge in [0.15, 0.2) is 5.82 Å². The predicted octanol–water partition coefficient (Wildman–Crippen LogP) is 4.27. The number of carbonyl (C=O) groups excluding carboxylic acids is 1. The summed E-state index contributed by atoms with van der Waals surface area (Å²) in [6.45, 7) is 3.13. The predicted molar refractivity (Wildman–Crippen MR) is 109 cm³/mol. The number of hydrogen-bond acceptors (Lipinski definition) is 5. The van der Waals surface area contributed by atoms with Crippen molar-refractivity contribution in [2.24, 2.45) is 0 Å². The Morgan fingerprint density at radius 3 is 2.43 bits per heavy atom. The molecule has 0 N–H and O–H groups in total. The third-order valence-corrected chi connectivity index (χ3v) is 6.10. The zero-order valence-electron chi connectivity index (χ0n) is 15.8. The molecule has 0 unspecified atom stereocenters. The Kier molecular flexibility index (Phi) is 5.76. The van der Waals surface area contributed by atoms with E-state index in [9.17, 15) is 4.79 Å². The number of amides is 1. The van der Waals surface area contributed by atoms with E-state index in [1.165, 1.54) is 10.5 Å². The highest BCUT2D eigenvalue weighted by Gasteiger charge is 2.39. The Bertz CT molecular complexity index is 914. The molecule has 3 aromatic rings. The Hall–Kier alpha value is -2.60. The molecule has 1 aliphatic heterocycles. The summed E-state index contributed by atoms with van der Waals surface area (Å²) in [7, 11) is 0. The lowest BCUT2D eigenvalue weighted by Crippen LogP contribution is -2.29. The first-order chi connectivity index (χ1) is 13.7. The highest BCUT2D eigenvalue weighted by molar-refractivity contribution is 7.99. The number of aryl methyl sites for hydroxylation is 1. The zero-order chi connectivity index (χ0) is 19.3. The summed E-state index contributed by atoms with van der Waals surface area (Å²) in [6.07, 6.45) is 0.524. The SMILES string of the molecule is Cc1noc([C@@H]2CN(C(=O)CCSc3ccccc3)C[C@@H]2c2ccccc2)n1. The Labute approximate surface area is 169 Å². The van der Waals surface area contributed by atoms with E-state index in [0.29, 0.717) is 31.2 Å². The largest absolute Gasteiger partial charge is 0.341 e. The molecule has 0 saturated carbocycles. The standard InChI is InChI=1S/C22H23N3O2S/c1-16-23-22(27-24-16)20-15-25(14-19(20)17-8-4-2-5-9-17)21(26)12-13-28-18-10-6-3-7-11-18/h2-11,19-20H,12-15H2,1H3/t19-,20-/m1/s1. The van der Waals surface area contributed by atoms with Gasteiger partial charge in [-0.1, -0.05) is 53.7 Å². The first kappa shape index (κ1) is 18.7. The molecule has 2 aromatic carbocycles. The summed E-state index contributed by atoms with van der Waals surface area (Å²) >= 11 is 1.72. The molecule has 1 fully saturated rings. The molecular formula is C22H23N3O2S. The van der Waals surface area contributed by atoms with Gasteiger partial charge in [-0.15, -0.1) is 11.8 Å². The number of hydrogen-bond donors (Lipinski definition) is 0. The number of benzene rings is 2. The molecule has 144 valence electrons. The van der Waals surface area contributed by atoms with Crippen LogP contribution in [0.2, 0.25) is 0 Å². The van der Waals surface area contributed by atoms with E-state index < -0.39 is 0 Å². The van der Waals surface area contributed by atoms with Crippen LogP contribution in [0.15, 0.2) is 70.1 Å². The second kappa shape index (κ2) is 8.61. The summed E-state index contributed by atoms with van der Waals surface area (Å²) in [5, 5.41) is 3.95. The maximum atomic E-state index is 12.8. The molecule has 0 spiro atoms. The normalized spacial score (nSPS) is 19.1. The van der Waals surface area contributed by atoms with Gasteiger partial charge in [0.05, 0.1) is 5.92 Å². The molecule has 1 aromatic heterocycles. The minimum Gasteiger partial charge on any atom is -0.341 e. The Morgan fingerprint density at radius 1 is 1.07 bits per heavy atom. The van der Waals surface area contributed by atoms with Crippen molar-refractivity contribution < 1.29 is 9.32 Å². The monoisotopic (exact) mass is 393 g/mol. The number of carbonyl (C=O) groups is 1. The molecule has 2 heterocycles. The molecule has 2 atom stereocenters. The summed E-state index contributed by atoms with van der Waals surface area (Å²) in [5.41, 5.74) is 1.21. The molecule has 1 saturated heterocycles. The van der Waals surface area contributed by atoms with Crippen LogP contribution in [-0.2, 0) is 4.79 Å². The van der Waals surface area contributed by atoms with Crippen LogP contribution in [0.25, 0.3) is 0 Å². The van der Waals surface area contributed by atoms with E-state index in [2.05, 4.69) is 34.4 Å². The van der Waals surface area contributed by atoms with Crippen LogP contribution in [0.5, 0.6) is 0 Å². The molecule has 0 aliphatic carbocycles. The molecular weight excluding hydrogens is 370 g/mol. The fourth-order valence-corrected chi connectivity index (χ4v) is 4.55. The van der Waals surface area contributed by atoms with Crippen molar-refractivity contribution in [3.63, 3.8) is 0 Å². The fraction of sp³-hybridized carbons (Fsp3) is 0.318. The summed E-state index contributed by atoms with van der Waals surface area (Å²) in [5.74, 6) is 2.43. The highest BCUT2D eigenvalue weighted by Crippen LogP contribution is 2.39. The molecule has 0 bridgehead atoms. The molecule has 4 rings (SSSR count). The van der Waals surface area contributed by atoms with E-state index in [4.69, 9.17) is 4.52 Å². The summed E-state index contributed by atoms with van der Waals surface area (Å²) in [6, 6.07) is 20.5. The lowest BCUT2D eigenvalue weighted by molar-refractivity contribution is -0.129. The van der Waals surface area contributed by atoms with Crippen molar-refractivity contribution in [2.45, 2.75) is 30.1 Å². The Balaban J connectivity index is 1.44. The zero-order valence-corrected chi connectivity index (χ0v) is 16.6. The van der Waals surface area contributed by atoms with Crippen LogP contribution in [0, 0.1) is 6.92 Å². The number of likely N-dealkylation sites (tertiary alicyclic amines) is 1. The minimum absolute atomic E-state index is 0.0364. The van der Waals surface area contributed by atoms with Crippen LogP contribution in [0.4, 0.5) is 0 Å². The molecule has 1 amide bonds. The van der Waals surface area contributed by atoms with E-state index in [1.54, 1.807) is 11.8 Å². The van der Waals surface area contributed by atoms with Crippen molar-refractivity contribution >= 4 is 17.7 Å². The molecule has 1 aliphatic rings. The fourth-order valence-electron chi connectivity index (χ4n) is 3.69. The third kappa shape index (κ3) is 4.28. The van der Waals surface area contributed by atoms with Gasteiger partial charge >= 0.3 is 0 Å². The molecule has 0 radical (unpaired) electrons. The van der Waals surface area contributed by atoms with Crippen molar-refractivity contribution in [1.29, 1.82) is 0 Å². The lowest BCUT2D eigenvalue weighted by Gasteiger charge is -2.16. The van der Waals surface area contributed by atoms with Gasteiger partial charge in [0, 0.05) is 36.1 Å². The topological polar surface area (TPSA) is 59.2 Å². The van der Waals surface area contributed by atoms with Gasteiger partial charge in [-0.05, 0) is 24.6 Å². The third-order valence-electron chi connectivity index (χ3n) is 5.09. The summed E-state index contributed by atoms with van der Waals surface area (Å²) in [4.78, 5) is 20.4. The highest BCUT2D eigenvalue weighted by atomic mass is 32.2. The summed E-state index contributed by atoms with van der Waals surface area (Å²) < 4.78 is 5.46. The van der Waals surface area contributed by atoms with Gasteiger partial charge in [0.1, 0.15) is 0 Å². The number of nitrogens with zero attached hydrogens (tertiary/aromatic N) is 3. The van der Waals surface area contributed by atoms with Crippen molar-refractivity contribution in [2.75, 3.05) is 18.8 Å². The van der Waals surface area contributed by atoms with Crippen molar-refractivity contribution in [1.82, 2.24) is 15.0 Å². The van der Waals surface area contributed by atoms with Gasteiger partial charge in [-0.3, -0.25) is 4.79 Å². The van der Waals surface area contributed by atoms with Crippen LogP contribution < -0.4 is 0 Å². The van der Waals surface area contributed by atoms with Crippen LogP contribution in [0.1, 0.15) is 35.5 Å². The number of aromatic nitrogens is 2. The first-order valence-electron chi connectivity index (χ1n) is 9.51. The quantitative estimate of drug-likeness (QED) is 0.585. The van der Waals surface area contributed by atoms with Gasteiger partial charge in [-0.2, -0.15) is 4.98 Å². The number of thioether (sulfide) groups is 1. The molecule has 28 heavy (non-hydrogen) atoms. The van der Waals surface area contributed by atoms with Crippen molar-refractivity contribution in [3.05, 3.63) is 77.9 Å². The van der Waals surface area contributed by atoms with Crippen LogP contribution >= 0.6 is 11.8 Å². The first-order valence-corrected chi connectivity index (χ1v) is 10.5. The second-order valence-electron chi connectivity index (χ2n) is 7.01. The average Bonchev–Trinajstić information content (AvgIpc) is 3.36. The van der Waals surface area contributed by atoms with Crippen LogP contribution in [0.3, 0.4) is 0 Å². The minimum atomic E-state index is 0.0364. The van der Waals surface area contributed by atoms with Gasteiger partial charge < -0.3 is 9.42 Å². The van der Waals surface area contributed by atoms with Gasteiger partial charge in [-0.25, -0.2) is 0 Å². The van der Waals surface area contributed by atoms with Crippen LogP contribution in [-0.4, -0.2) is 39.8 Å². The van der Waals surface area contributed by atoms with Gasteiger partial charge in [0.2, 0.25) is 11.8 Å². The van der Waals surface area contributed by atoms with E-state index in [1.807, 2.05) is 48.2 Å². The Morgan fingerprint density at radius 2 is 1.75 bits per heavy atom. The maximum absolute atomic E-state index is 12.8. The van der Waals surface area contributed by atoms with E-state index in [0.717, 1.165) is 5.75 Å². The van der Waals surface area contributed by atoms with E-state index in [-0.39, 0.29) is 17.7 Å². The second-order valence-corrected chi connectivity index (χ2v) is 8.18. The smallest absolute Gasteiger partial charge is 0.232 e. The molecule has 6 heteroatoms. The molecule has 5 nitrogen and oxygen atoms in total. The van der Waals surface area contributed by atoms with E-state index >= 15 is 0 Å². The van der Waals surface area contributed by atoms with Crippen molar-refractivity contribution in [3.8, 4) is 0 Å². The lowest BCUT2D eigenvalue weighted by atomic mass is 9.89. The maximum Gasteiger partial charge on any atom is 0.232 e. The number of rotatable bonds is 6.